The third-order valence-electron chi connectivity index (χ3n) is 3.77. The minimum Gasteiger partial charge on any atom is -0.481 e. The van der Waals surface area contributed by atoms with Gasteiger partial charge in [-0.3, -0.25) is 14.6 Å². The van der Waals surface area contributed by atoms with Gasteiger partial charge in [0.2, 0.25) is 0 Å². The number of hydrogen-bond acceptors (Lipinski definition) is 3. The highest BCUT2D eigenvalue weighted by atomic mass is 35.5. The van der Waals surface area contributed by atoms with Crippen LogP contribution in [0.3, 0.4) is 0 Å². The van der Waals surface area contributed by atoms with E-state index in [1.54, 1.807) is 6.07 Å². The molecule has 1 aromatic rings. The van der Waals surface area contributed by atoms with Crippen LogP contribution in [0.25, 0.3) is 0 Å². The van der Waals surface area contributed by atoms with Gasteiger partial charge in [-0.05, 0) is 24.8 Å². The zero-order valence-electron chi connectivity index (χ0n) is 11.0. The fraction of sp³-hybridized carbons (Fsp3) is 0.500. The third-order valence-corrected chi connectivity index (χ3v) is 4.07. The van der Waals surface area contributed by atoms with Crippen LogP contribution in [0, 0.1) is 11.8 Å². The molecule has 0 bridgehead atoms. The van der Waals surface area contributed by atoms with Crippen molar-refractivity contribution < 1.29 is 14.7 Å². The lowest BCUT2D eigenvalue weighted by Gasteiger charge is -2.28. The van der Waals surface area contributed by atoms with Crippen molar-refractivity contribution >= 4 is 23.5 Å². The van der Waals surface area contributed by atoms with Crippen LogP contribution >= 0.6 is 11.6 Å². The van der Waals surface area contributed by atoms with Crippen molar-refractivity contribution in [2.75, 3.05) is 6.54 Å². The summed E-state index contributed by atoms with van der Waals surface area (Å²) in [6.07, 6.45) is 6.39. The Labute approximate surface area is 122 Å². The second-order valence-corrected chi connectivity index (χ2v) is 5.46. The van der Waals surface area contributed by atoms with Gasteiger partial charge in [-0.2, -0.15) is 0 Å². The molecule has 6 heteroatoms. The molecule has 1 saturated carbocycles. The van der Waals surface area contributed by atoms with Crippen molar-refractivity contribution in [2.45, 2.75) is 25.7 Å². The predicted octanol–water partition coefficient (Wildman–Crippen LogP) is 2.36. The summed E-state index contributed by atoms with van der Waals surface area (Å²) in [4.78, 5) is 27.0. The van der Waals surface area contributed by atoms with Crippen molar-refractivity contribution in [3.63, 3.8) is 0 Å². The van der Waals surface area contributed by atoms with E-state index in [4.69, 9.17) is 11.6 Å². The van der Waals surface area contributed by atoms with Gasteiger partial charge in [0, 0.05) is 18.9 Å². The fourth-order valence-electron chi connectivity index (χ4n) is 2.66. The molecule has 0 aliphatic heterocycles. The van der Waals surface area contributed by atoms with Gasteiger partial charge in [0.1, 0.15) is 0 Å². The molecule has 0 spiro atoms. The van der Waals surface area contributed by atoms with E-state index in [2.05, 4.69) is 10.3 Å². The summed E-state index contributed by atoms with van der Waals surface area (Å²) in [6.45, 7) is 0.369. The summed E-state index contributed by atoms with van der Waals surface area (Å²) in [5.74, 6) is -1.43. The molecule has 1 heterocycles. The summed E-state index contributed by atoms with van der Waals surface area (Å²) >= 11 is 5.90. The maximum atomic E-state index is 12.0. The van der Waals surface area contributed by atoms with E-state index in [0.29, 0.717) is 23.6 Å². The Morgan fingerprint density at radius 1 is 1.40 bits per heavy atom. The Kier molecular flexibility index (Phi) is 4.95. The van der Waals surface area contributed by atoms with Crippen molar-refractivity contribution in [3.05, 3.63) is 29.0 Å². The van der Waals surface area contributed by atoms with Gasteiger partial charge in [0.25, 0.3) is 5.91 Å². The van der Waals surface area contributed by atoms with E-state index in [0.717, 1.165) is 19.3 Å². The number of nitrogens with one attached hydrogen (secondary N) is 1. The largest absolute Gasteiger partial charge is 0.481 e. The van der Waals surface area contributed by atoms with Crippen LogP contribution in [-0.4, -0.2) is 28.5 Å². The van der Waals surface area contributed by atoms with E-state index in [-0.39, 0.29) is 17.7 Å². The van der Waals surface area contributed by atoms with Crippen molar-refractivity contribution in [1.82, 2.24) is 10.3 Å². The maximum absolute atomic E-state index is 12.0. The zero-order chi connectivity index (χ0) is 14.5. The summed E-state index contributed by atoms with van der Waals surface area (Å²) < 4.78 is 0. The lowest BCUT2D eigenvalue weighted by molar-refractivity contribution is -0.144. The molecule has 2 unspecified atom stereocenters. The highest BCUT2D eigenvalue weighted by Crippen LogP contribution is 2.29. The van der Waals surface area contributed by atoms with Crippen LogP contribution in [0.1, 0.15) is 36.0 Å². The number of rotatable bonds is 4. The Hall–Kier alpha value is -1.62. The monoisotopic (exact) mass is 296 g/mol. The van der Waals surface area contributed by atoms with Gasteiger partial charge in [-0.1, -0.05) is 24.4 Å². The number of aromatic nitrogens is 1. The second-order valence-electron chi connectivity index (χ2n) is 5.05. The first-order valence-electron chi connectivity index (χ1n) is 6.70. The number of carbonyl (C=O) groups excluding carboxylic acids is 1. The maximum Gasteiger partial charge on any atom is 0.306 e. The lowest BCUT2D eigenvalue weighted by atomic mass is 9.79. The van der Waals surface area contributed by atoms with Crippen LogP contribution in [0.2, 0.25) is 5.02 Å². The van der Waals surface area contributed by atoms with Gasteiger partial charge in [-0.25, -0.2) is 0 Å². The molecular formula is C14H17ClN2O3. The van der Waals surface area contributed by atoms with Crippen molar-refractivity contribution in [2.24, 2.45) is 11.8 Å². The molecule has 1 aromatic heterocycles. The van der Waals surface area contributed by atoms with Crippen LogP contribution in [-0.2, 0) is 4.79 Å². The Bertz CT molecular complexity index is 507. The van der Waals surface area contributed by atoms with E-state index in [1.807, 2.05) is 0 Å². The molecule has 2 N–H and O–H groups in total. The summed E-state index contributed by atoms with van der Waals surface area (Å²) in [6, 6.07) is 1.55. The van der Waals surface area contributed by atoms with Gasteiger partial charge >= 0.3 is 5.97 Å². The minimum absolute atomic E-state index is 0.00851. The van der Waals surface area contributed by atoms with Gasteiger partial charge in [0.05, 0.1) is 16.5 Å². The van der Waals surface area contributed by atoms with Gasteiger partial charge < -0.3 is 10.4 Å². The molecule has 1 amide bonds. The normalized spacial score (nSPS) is 22.2. The topological polar surface area (TPSA) is 79.3 Å². The molecule has 1 aliphatic rings. The standard InChI is InChI=1S/C14H17ClN2O3/c15-12-8-16-6-5-11(12)13(18)17-7-9-3-1-2-4-10(9)14(19)20/h5-6,8-10H,1-4,7H2,(H,17,18)(H,19,20). The van der Waals surface area contributed by atoms with E-state index >= 15 is 0 Å². The molecule has 20 heavy (non-hydrogen) atoms. The van der Waals surface area contributed by atoms with Gasteiger partial charge in [-0.15, -0.1) is 0 Å². The lowest BCUT2D eigenvalue weighted by Crippen LogP contribution is -2.37. The van der Waals surface area contributed by atoms with Crippen molar-refractivity contribution in [3.8, 4) is 0 Å². The summed E-state index contributed by atoms with van der Waals surface area (Å²) in [7, 11) is 0. The van der Waals surface area contributed by atoms with Crippen LogP contribution in [0.5, 0.6) is 0 Å². The number of carboxylic acids is 1. The molecule has 0 radical (unpaired) electrons. The Balaban J connectivity index is 1.95. The number of amides is 1. The molecule has 1 aliphatic carbocycles. The molecule has 2 atom stereocenters. The van der Waals surface area contributed by atoms with Crippen LogP contribution < -0.4 is 5.32 Å². The van der Waals surface area contributed by atoms with Crippen molar-refractivity contribution in [1.29, 1.82) is 0 Å². The molecule has 0 saturated heterocycles. The number of nitrogens with zero attached hydrogens (tertiary/aromatic N) is 1. The number of carboxylic acid groups (broad SMARTS) is 1. The number of hydrogen-bond donors (Lipinski definition) is 2. The smallest absolute Gasteiger partial charge is 0.306 e. The SMILES string of the molecule is O=C(NCC1CCCCC1C(=O)O)c1ccncc1Cl. The first kappa shape index (κ1) is 14.8. The number of carbonyl (C=O) groups is 2. The predicted molar refractivity (Wildman–Crippen MR) is 74.7 cm³/mol. The number of pyridine rings is 1. The quantitative estimate of drug-likeness (QED) is 0.894. The summed E-state index contributed by atoms with van der Waals surface area (Å²) in [5, 5.41) is 12.3. The third kappa shape index (κ3) is 3.48. The first-order valence-corrected chi connectivity index (χ1v) is 7.08. The molecule has 108 valence electrons. The van der Waals surface area contributed by atoms with E-state index in [1.165, 1.54) is 12.4 Å². The molecule has 5 nitrogen and oxygen atoms in total. The van der Waals surface area contributed by atoms with Crippen LogP contribution in [0.4, 0.5) is 0 Å². The number of halogens is 1. The first-order chi connectivity index (χ1) is 9.59. The second kappa shape index (κ2) is 6.70. The average Bonchev–Trinajstić information content (AvgIpc) is 2.45. The highest BCUT2D eigenvalue weighted by Gasteiger charge is 2.30. The van der Waals surface area contributed by atoms with E-state index in [9.17, 15) is 14.7 Å². The fourth-order valence-corrected chi connectivity index (χ4v) is 2.86. The molecule has 0 aromatic carbocycles. The average molecular weight is 297 g/mol. The van der Waals surface area contributed by atoms with Crippen LogP contribution in [0.15, 0.2) is 18.5 Å². The van der Waals surface area contributed by atoms with E-state index < -0.39 is 5.97 Å². The minimum atomic E-state index is -0.772. The number of aliphatic carboxylic acids is 1. The summed E-state index contributed by atoms with van der Waals surface area (Å²) in [5.41, 5.74) is 0.365. The molecular weight excluding hydrogens is 280 g/mol. The molecule has 2 rings (SSSR count). The molecule has 1 fully saturated rings. The Morgan fingerprint density at radius 3 is 2.85 bits per heavy atom. The Morgan fingerprint density at radius 2 is 2.15 bits per heavy atom. The highest BCUT2D eigenvalue weighted by molar-refractivity contribution is 6.33. The zero-order valence-corrected chi connectivity index (χ0v) is 11.8. The van der Waals surface area contributed by atoms with Gasteiger partial charge in [0.15, 0.2) is 0 Å².